The lowest BCUT2D eigenvalue weighted by Gasteiger charge is -2.34. The van der Waals surface area contributed by atoms with Crippen molar-refractivity contribution in [2.75, 3.05) is 6.54 Å². The first-order valence-corrected chi connectivity index (χ1v) is 6.67. The Kier molecular flexibility index (Phi) is 3.92. The summed E-state index contributed by atoms with van der Waals surface area (Å²) in [5.41, 5.74) is -0.350. The van der Waals surface area contributed by atoms with Crippen molar-refractivity contribution in [2.45, 2.75) is 44.4 Å². The maximum atomic E-state index is 12.4. The molecule has 2 N–H and O–H groups in total. The monoisotopic (exact) mass is 263 g/mol. The molecule has 4 nitrogen and oxygen atoms in total. The molecule has 2 atom stereocenters. The molecule has 0 aromatic heterocycles. The Bertz CT molecular complexity index is 438. The normalized spacial score (nSPS) is 21.5. The van der Waals surface area contributed by atoms with E-state index in [-0.39, 0.29) is 11.9 Å². The van der Waals surface area contributed by atoms with Crippen LogP contribution in [0.3, 0.4) is 0 Å². The van der Waals surface area contributed by atoms with Crippen LogP contribution in [0, 0.1) is 0 Å². The highest BCUT2D eigenvalue weighted by Crippen LogP contribution is 2.29. The number of benzene rings is 1. The average Bonchev–Trinajstić information content (AvgIpc) is 2.87. The minimum atomic E-state index is -1.15. The van der Waals surface area contributed by atoms with E-state index in [0.717, 1.165) is 12.8 Å². The summed E-state index contributed by atoms with van der Waals surface area (Å²) in [6.07, 6.45) is 0.489. The van der Waals surface area contributed by atoms with Gasteiger partial charge in [-0.2, -0.15) is 0 Å². The lowest BCUT2D eigenvalue weighted by Crippen LogP contribution is -2.49. The number of carbonyl (C=O) groups is 1. The van der Waals surface area contributed by atoms with Gasteiger partial charge in [-0.25, -0.2) is 0 Å². The predicted octanol–water partition coefficient (Wildman–Crippen LogP) is 1.48. The largest absolute Gasteiger partial charge is 0.388 e. The van der Waals surface area contributed by atoms with Gasteiger partial charge in [0.25, 0.3) is 5.91 Å². The van der Waals surface area contributed by atoms with Gasteiger partial charge in [0, 0.05) is 6.54 Å². The van der Waals surface area contributed by atoms with Crippen molar-refractivity contribution in [2.24, 2.45) is 0 Å². The van der Waals surface area contributed by atoms with Gasteiger partial charge >= 0.3 is 0 Å². The molecule has 1 amide bonds. The predicted molar refractivity (Wildman–Crippen MR) is 72.4 cm³/mol. The maximum absolute atomic E-state index is 12.4. The minimum absolute atomic E-state index is 0.224. The molecule has 19 heavy (non-hydrogen) atoms. The molecule has 1 saturated heterocycles. The molecule has 0 saturated carbocycles. The zero-order valence-corrected chi connectivity index (χ0v) is 11.4. The molecule has 104 valence electrons. The van der Waals surface area contributed by atoms with Crippen molar-refractivity contribution in [3.63, 3.8) is 0 Å². The van der Waals surface area contributed by atoms with E-state index in [1.807, 2.05) is 6.07 Å². The van der Waals surface area contributed by atoms with Crippen LogP contribution < -0.4 is 0 Å². The highest BCUT2D eigenvalue weighted by molar-refractivity contribution is 5.82. The van der Waals surface area contributed by atoms with Crippen LogP contribution in [-0.4, -0.2) is 39.2 Å². The van der Waals surface area contributed by atoms with E-state index in [9.17, 15) is 15.0 Å². The fourth-order valence-corrected chi connectivity index (χ4v) is 2.70. The summed E-state index contributed by atoms with van der Waals surface area (Å²) in [5, 5.41) is 20.3. The Hall–Kier alpha value is -1.39. The molecule has 0 unspecified atom stereocenters. The van der Waals surface area contributed by atoms with E-state index >= 15 is 0 Å². The first-order chi connectivity index (χ1) is 8.91. The fourth-order valence-electron chi connectivity index (χ4n) is 2.70. The molecule has 4 heteroatoms. The van der Waals surface area contributed by atoms with E-state index in [0.29, 0.717) is 12.1 Å². The molecule has 0 bridgehead atoms. The molecule has 0 aliphatic carbocycles. The van der Waals surface area contributed by atoms with Crippen molar-refractivity contribution in [3.8, 4) is 0 Å². The molecule has 1 heterocycles. The molecular formula is C15H21NO3. The zero-order valence-electron chi connectivity index (χ0n) is 11.4. The van der Waals surface area contributed by atoms with Gasteiger partial charge in [-0.3, -0.25) is 4.79 Å². The summed E-state index contributed by atoms with van der Waals surface area (Å²) in [6, 6.07) is 8.68. The number of likely N-dealkylation sites (tertiary alicyclic amines) is 1. The number of amides is 1. The molecule has 0 radical (unpaired) electrons. The van der Waals surface area contributed by atoms with Crippen LogP contribution in [0.4, 0.5) is 0 Å². The van der Waals surface area contributed by atoms with Crippen molar-refractivity contribution in [3.05, 3.63) is 35.9 Å². The fraction of sp³-hybridized carbons (Fsp3) is 0.533. The summed E-state index contributed by atoms with van der Waals surface area (Å²) in [6.45, 7) is 4.01. The highest BCUT2D eigenvalue weighted by Gasteiger charge is 2.40. The van der Waals surface area contributed by atoms with Gasteiger partial charge < -0.3 is 15.1 Å². The van der Waals surface area contributed by atoms with E-state index in [2.05, 4.69) is 0 Å². The van der Waals surface area contributed by atoms with Gasteiger partial charge in [-0.1, -0.05) is 30.3 Å². The number of nitrogens with zero attached hydrogens (tertiary/aromatic N) is 1. The van der Waals surface area contributed by atoms with E-state index in [4.69, 9.17) is 0 Å². The quantitative estimate of drug-likeness (QED) is 0.868. The van der Waals surface area contributed by atoms with Crippen LogP contribution >= 0.6 is 0 Å². The maximum Gasteiger partial charge on any atom is 0.256 e. The molecular weight excluding hydrogens is 242 g/mol. The third-order valence-corrected chi connectivity index (χ3v) is 3.70. The second-order valence-corrected chi connectivity index (χ2v) is 5.66. The molecule has 1 aliphatic heterocycles. The third kappa shape index (κ3) is 2.96. The van der Waals surface area contributed by atoms with Crippen LogP contribution in [0.15, 0.2) is 30.3 Å². The zero-order chi connectivity index (χ0) is 14.0. The van der Waals surface area contributed by atoms with Crippen LogP contribution in [0.1, 0.15) is 38.4 Å². The first-order valence-electron chi connectivity index (χ1n) is 6.67. The molecule has 1 fully saturated rings. The number of hydrogen-bond acceptors (Lipinski definition) is 3. The Morgan fingerprint density at radius 3 is 2.58 bits per heavy atom. The lowest BCUT2D eigenvalue weighted by atomic mass is 9.96. The van der Waals surface area contributed by atoms with Gasteiger partial charge in [-0.05, 0) is 32.3 Å². The van der Waals surface area contributed by atoms with Gasteiger partial charge in [0.05, 0.1) is 11.6 Å². The Balaban J connectivity index is 2.15. The van der Waals surface area contributed by atoms with Crippen LogP contribution in [-0.2, 0) is 4.79 Å². The summed E-state index contributed by atoms with van der Waals surface area (Å²) in [4.78, 5) is 14.0. The second-order valence-electron chi connectivity index (χ2n) is 5.66. The molecule has 0 spiro atoms. The smallest absolute Gasteiger partial charge is 0.256 e. The van der Waals surface area contributed by atoms with E-state index in [1.165, 1.54) is 0 Å². The number of aliphatic hydroxyl groups is 2. The first kappa shape index (κ1) is 14.0. The van der Waals surface area contributed by atoms with Crippen molar-refractivity contribution >= 4 is 5.91 Å². The molecule has 2 rings (SSSR count). The van der Waals surface area contributed by atoms with E-state index < -0.39 is 11.7 Å². The Morgan fingerprint density at radius 2 is 2.00 bits per heavy atom. The number of rotatable bonds is 3. The Labute approximate surface area is 113 Å². The topological polar surface area (TPSA) is 60.8 Å². The van der Waals surface area contributed by atoms with Crippen molar-refractivity contribution in [1.29, 1.82) is 0 Å². The molecule has 1 aromatic rings. The number of hydrogen-bond donors (Lipinski definition) is 2. The number of aliphatic hydroxyl groups excluding tert-OH is 1. The van der Waals surface area contributed by atoms with Gasteiger partial charge in [-0.15, -0.1) is 0 Å². The van der Waals surface area contributed by atoms with Crippen molar-refractivity contribution in [1.82, 2.24) is 4.90 Å². The minimum Gasteiger partial charge on any atom is -0.388 e. The summed E-state index contributed by atoms with van der Waals surface area (Å²) in [7, 11) is 0. The van der Waals surface area contributed by atoms with Crippen LogP contribution in [0.2, 0.25) is 0 Å². The van der Waals surface area contributed by atoms with Gasteiger partial charge in [0.15, 0.2) is 6.10 Å². The molecule has 1 aliphatic rings. The SMILES string of the molecule is CC(C)(O)[C@H]1CCCN1C(=O)[C@H](O)c1ccccc1. The standard InChI is InChI=1S/C15H21NO3/c1-15(2,19)12-9-6-10-16(12)14(18)13(17)11-7-4-3-5-8-11/h3-5,7-8,12-13,17,19H,6,9-10H2,1-2H3/t12-,13-/m1/s1. The highest BCUT2D eigenvalue weighted by atomic mass is 16.3. The number of carbonyl (C=O) groups excluding carboxylic acids is 1. The van der Waals surface area contributed by atoms with Gasteiger partial charge in [0.2, 0.25) is 0 Å². The third-order valence-electron chi connectivity index (χ3n) is 3.70. The average molecular weight is 263 g/mol. The summed E-state index contributed by atoms with van der Waals surface area (Å²) in [5.74, 6) is -0.323. The van der Waals surface area contributed by atoms with Crippen LogP contribution in [0.5, 0.6) is 0 Å². The summed E-state index contributed by atoms with van der Waals surface area (Å²) < 4.78 is 0. The molecule has 1 aromatic carbocycles. The van der Waals surface area contributed by atoms with E-state index in [1.54, 1.807) is 43.0 Å². The second kappa shape index (κ2) is 5.31. The lowest BCUT2D eigenvalue weighted by molar-refractivity contribution is -0.146. The van der Waals surface area contributed by atoms with Gasteiger partial charge in [0.1, 0.15) is 0 Å². The summed E-state index contributed by atoms with van der Waals surface area (Å²) >= 11 is 0. The van der Waals surface area contributed by atoms with Crippen LogP contribution in [0.25, 0.3) is 0 Å². The Morgan fingerprint density at radius 1 is 1.37 bits per heavy atom. The van der Waals surface area contributed by atoms with Crippen molar-refractivity contribution < 1.29 is 15.0 Å².